The summed E-state index contributed by atoms with van der Waals surface area (Å²) in [6.45, 7) is 8.12. The van der Waals surface area contributed by atoms with Crippen LogP contribution in [0.4, 0.5) is 0 Å². The van der Waals surface area contributed by atoms with Crippen LogP contribution >= 0.6 is 0 Å². The van der Waals surface area contributed by atoms with Crippen molar-refractivity contribution in [2.75, 3.05) is 26.3 Å². The monoisotopic (exact) mass is 288 g/mol. The molecule has 3 heterocycles. The third-order valence-corrected chi connectivity index (χ3v) is 4.37. The first-order valence-corrected chi connectivity index (χ1v) is 7.77. The van der Waals surface area contributed by atoms with Gasteiger partial charge >= 0.3 is 0 Å². The summed E-state index contributed by atoms with van der Waals surface area (Å²) in [5.74, 6) is 0. The highest BCUT2D eigenvalue weighted by molar-refractivity contribution is 5.09. The van der Waals surface area contributed by atoms with Gasteiger partial charge in [-0.15, -0.1) is 6.58 Å². The maximum absolute atomic E-state index is 6.14. The molecule has 2 aliphatic rings. The van der Waals surface area contributed by atoms with Crippen LogP contribution in [0.3, 0.4) is 0 Å². The molecule has 0 aromatic carbocycles. The predicted octanol–water partition coefficient (Wildman–Crippen LogP) is 2.41. The topological polar surface area (TPSA) is 34.6 Å². The zero-order valence-electron chi connectivity index (χ0n) is 12.5. The van der Waals surface area contributed by atoms with E-state index in [1.165, 1.54) is 12.0 Å². The second kappa shape index (κ2) is 6.69. The van der Waals surface area contributed by atoms with E-state index in [-0.39, 0.29) is 11.7 Å². The van der Waals surface area contributed by atoms with Crippen LogP contribution in [0.2, 0.25) is 0 Å². The molecule has 2 atom stereocenters. The quantitative estimate of drug-likeness (QED) is 0.779. The van der Waals surface area contributed by atoms with E-state index in [1.807, 2.05) is 18.5 Å². The molecule has 0 N–H and O–H groups in total. The molecule has 21 heavy (non-hydrogen) atoms. The summed E-state index contributed by atoms with van der Waals surface area (Å²) in [5, 5.41) is 0. The molecule has 0 amide bonds. The van der Waals surface area contributed by atoms with Crippen molar-refractivity contribution in [1.29, 1.82) is 0 Å². The molecule has 1 spiro atoms. The fraction of sp³-hybridized carbons (Fsp3) is 0.588. The molecule has 1 aromatic heterocycles. The number of hydrogen-bond donors (Lipinski definition) is 0. The van der Waals surface area contributed by atoms with Crippen LogP contribution < -0.4 is 0 Å². The normalized spacial score (nSPS) is 29.8. The Morgan fingerprint density at radius 2 is 2.52 bits per heavy atom. The molecule has 4 nitrogen and oxygen atoms in total. The van der Waals surface area contributed by atoms with Crippen LogP contribution in [0, 0.1) is 0 Å². The molecule has 0 saturated carbocycles. The molecule has 0 unspecified atom stereocenters. The van der Waals surface area contributed by atoms with Crippen molar-refractivity contribution < 1.29 is 9.47 Å². The van der Waals surface area contributed by atoms with Crippen LogP contribution in [-0.4, -0.2) is 47.9 Å². The fourth-order valence-electron chi connectivity index (χ4n) is 3.47. The van der Waals surface area contributed by atoms with Gasteiger partial charge < -0.3 is 9.47 Å². The van der Waals surface area contributed by atoms with Gasteiger partial charge in [-0.2, -0.15) is 0 Å². The first-order chi connectivity index (χ1) is 10.3. The van der Waals surface area contributed by atoms with Gasteiger partial charge in [0.1, 0.15) is 0 Å². The zero-order valence-corrected chi connectivity index (χ0v) is 12.5. The highest BCUT2D eigenvalue weighted by Gasteiger charge is 2.43. The van der Waals surface area contributed by atoms with Crippen LogP contribution in [0.5, 0.6) is 0 Å². The minimum Gasteiger partial charge on any atom is -0.372 e. The highest BCUT2D eigenvalue weighted by Crippen LogP contribution is 2.36. The van der Waals surface area contributed by atoms with E-state index in [9.17, 15) is 0 Å². The van der Waals surface area contributed by atoms with Gasteiger partial charge in [-0.25, -0.2) is 0 Å². The Morgan fingerprint density at radius 1 is 1.57 bits per heavy atom. The van der Waals surface area contributed by atoms with Crippen molar-refractivity contribution in [3.05, 3.63) is 42.7 Å². The molecule has 0 aliphatic carbocycles. The summed E-state index contributed by atoms with van der Waals surface area (Å²) < 4.78 is 11.9. The van der Waals surface area contributed by atoms with Crippen molar-refractivity contribution in [2.45, 2.75) is 37.5 Å². The lowest BCUT2D eigenvalue weighted by atomic mass is 9.89. The first-order valence-electron chi connectivity index (χ1n) is 7.77. The van der Waals surface area contributed by atoms with E-state index in [1.54, 1.807) is 6.08 Å². The molecule has 1 aromatic rings. The standard InChI is InChI=1S/C17H24N2O2/c1-2-9-20-16-10-17(21-13-16)6-4-8-19(14-17)12-15-5-3-7-18-11-15/h2-3,5,7,11,16H,1,4,6,8-10,12-14H2/t16-,17+/m1/s1. The summed E-state index contributed by atoms with van der Waals surface area (Å²) in [7, 11) is 0. The van der Waals surface area contributed by atoms with Gasteiger partial charge in [-0.05, 0) is 31.0 Å². The summed E-state index contributed by atoms with van der Waals surface area (Å²) in [4.78, 5) is 6.68. The van der Waals surface area contributed by atoms with E-state index in [0.717, 1.165) is 32.5 Å². The van der Waals surface area contributed by atoms with Crippen LogP contribution in [0.1, 0.15) is 24.8 Å². The van der Waals surface area contributed by atoms with E-state index < -0.39 is 0 Å². The van der Waals surface area contributed by atoms with E-state index in [2.05, 4.69) is 22.5 Å². The van der Waals surface area contributed by atoms with Crippen molar-refractivity contribution in [1.82, 2.24) is 9.88 Å². The molecular formula is C17H24N2O2. The predicted molar refractivity (Wildman–Crippen MR) is 82.0 cm³/mol. The van der Waals surface area contributed by atoms with E-state index in [4.69, 9.17) is 9.47 Å². The van der Waals surface area contributed by atoms with Crippen molar-refractivity contribution in [2.24, 2.45) is 0 Å². The molecule has 2 aliphatic heterocycles. The van der Waals surface area contributed by atoms with Gasteiger partial charge in [0.05, 0.1) is 24.9 Å². The van der Waals surface area contributed by atoms with Gasteiger partial charge in [-0.1, -0.05) is 12.1 Å². The second-order valence-corrected chi connectivity index (χ2v) is 6.12. The zero-order chi connectivity index (χ0) is 14.5. The number of aromatic nitrogens is 1. The summed E-state index contributed by atoms with van der Waals surface area (Å²) >= 11 is 0. The molecule has 4 heteroatoms. The number of ether oxygens (including phenoxy) is 2. The lowest BCUT2D eigenvalue weighted by Crippen LogP contribution is -2.47. The Labute approximate surface area is 126 Å². The van der Waals surface area contributed by atoms with Gasteiger partial charge in [0.25, 0.3) is 0 Å². The number of rotatable bonds is 5. The van der Waals surface area contributed by atoms with Crippen LogP contribution in [0.15, 0.2) is 37.2 Å². The van der Waals surface area contributed by atoms with Gasteiger partial charge in [0.15, 0.2) is 0 Å². The summed E-state index contributed by atoms with van der Waals surface area (Å²) in [6, 6.07) is 4.14. The number of hydrogen-bond acceptors (Lipinski definition) is 4. The Hall–Kier alpha value is -1.23. The Balaban J connectivity index is 1.57. The average molecular weight is 288 g/mol. The molecule has 2 saturated heterocycles. The molecule has 0 bridgehead atoms. The van der Waals surface area contributed by atoms with Gasteiger partial charge in [0.2, 0.25) is 0 Å². The molecule has 0 radical (unpaired) electrons. The van der Waals surface area contributed by atoms with Crippen molar-refractivity contribution in [3.8, 4) is 0 Å². The first kappa shape index (κ1) is 14.7. The number of nitrogens with zero attached hydrogens (tertiary/aromatic N) is 2. The third kappa shape index (κ3) is 3.70. The smallest absolute Gasteiger partial charge is 0.0841 e. The Kier molecular flexibility index (Phi) is 4.68. The van der Waals surface area contributed by atoms with E-state index in [0.29, 0.717) is 13.2 Å². The SMILES string of the molecule is C=CCO[C@H]1CO[C@@]2(CCCN(Cc3cccnc3)C2)C1. The average Bonchev–Trinajstić information content (AvgIpc) is 2.89. The molecular weight excluding hydrogens is 264 g/mol. The Bertz CT molecular complexity index is 465. The maximum atomic E-state index is 6.14. The minimum absolute atomic E-state index is 0.00764. The molecule has 114 valence electrons. The van der Waals surface area contributed by atoms with Gasteiger partial charge in [-0.3, -0.25) is 9.88 Å². The molecule has 2 fully saturated rings. The van der Waals surface area contributed by atoms with Crippen molar-refractivity contribution in [3.63, 3.8) is 0 Å². The summed E-state index contributed by atoms with van der Waals surface area (Å²) in [5.41, 5.74) is 1.26. The molecule has 3 rings (SSSR count). The Morgan fingerprint density at radius 3 is 3.33 bits per heavy atom. The fourth-order valence-corrected chi connectivity index (χ4v) is 3.47. The van der Waals surface area contributed by atoms with Gasteiger partial charge in [0, 0.05) is 31.9 Å². The van der Waals surface area contributed by atoms with E-state index >= 15 is 0 Å². The lowest BCUT2D eigenvalue weighted by Gasteiger charge is -2.39. The van der Waals surface area contributed by atoms with Crippen LogP contribution in [-0.2, 0) is 16.0 Å². The van der Waals surface area contributed by atoms with Crippen LogP contribution in [0.25, 0.3) is 0 Å². The second-order valence-electron chi connectivity index (χ2n) is 6.12. The third-order valence-electron chi connectivity index (χ3n) is 4.37. The lowest BCUT2D eigenvalue weighted by molar-refractivity contribution is -0.0544. The van der Waals surface area contributed by atoms with Crippen molar-refractivity contribution >= 4 is 0 Å². The highest BCUT2D eigenvalue weighted by atomic mass is 16.6. The largest absolute Gasteiger partial charge is 0.372 e. The maximum Gasteiger partial charge on any atom is 0.0841 e. The minimum atomic E-state index is -0.00764. The number of likely N-dealkylation sites (tertiary alicyclic amines) is 1. The summed E-state index contributed by atoms with van der Waals surface area (Å²) in [6.07, 6.45) is 9.14. The number of pyridine rings is 1. The number of piperidine rings is 1.